The Balaban J connectivity index is 1.96. The number of halogens is 2. The number of hydrogen-bond acceptors (Lipinski definition) is 0. The van der Waals surface area contributed by atoms with Gasteiger partial charge < -0.3 is 0 Å². The van der Waals surface area contributed by atoms with E-state index in [0.717, 1.165) is 24.8 Å². The largest absolute Gasteiger partial charge is 0.207 e. The zero-order chi connectivity index (χ0) is 17.5. The first-order chi connectivity index (χ1) is 11.5. The van der Waals surface area contributed by atoms with Crippen molar-refractivity contribution < 1.29 is 8.78 Å². The second-order valence-corrected chi connectivity index (χ2v) is 11.4. The molecule has 2 rings (SSSR count). The Hall–Kier alpha value is -0.703. The second kappa shape index (κ2) is 9.70. The predicted octanol–water partition coefficient (Wildman–Crippen LogP) is 6.85. The van der Waals surface area contributed by atoms with Crippen LogP contribution in [0.4, 0.5) is 8.78 Å². The van der Waals surface area contributed by atoms with Gasteiger partial charge in [0.25, 0.3) is 0 Å². The maximum Gasteiger partial charge on any atom is 0.129 e. The lowest BCUT2D eigenvalue weighted by molar-refractivity contribution is 0.492. The van der Waals surface area contributed by atoms with E-state index in [9.17, 15) is 8.78 Å². The predicted molar refractivity (Wildman–Crippen MR) is 103 cm³/mol. The monoisotopic (exact) mass is 352 g/mol. The van der Waals surface area contributed by atoms with Crippen LogP contribution >= 0.6 is 0 Å². The number of rotatable bonds is 8. The highest BCUT2D eigenvalue weighted by atomic mass is 28.3. The number of hydrogen-bond donors (Lipinski definition) is 0. The smallest absolute Gasteiger partial charge is 0.129 e. The quantitative estimate of drug-likeness (QED) is 0.354. The summed E-state index contributed by atoms with van der Waals surface area (Å²) in [5, 5.41) is 0. The molecule has 0 aromatic heterocycles. The van der Waals surface area contributed by atoms with Gasteiger partial charge in [0.05, 0.1) is 0 Å². The van der Waals surface area contributed by atoms with E-state index in [1.807, 2.05) is 0 Å². The van der Waals surface area contributed by atoms with Gasteiger partial charge in [0, 0.05) is 14.4 Å². The van der Waals surface area contributed by atoms with Crippen molar-refractivity contribution in [3.05, 3.63) is 34.9 Å². The molecule has 1 saturated heterocycles. The van der Waals surface area contributed by atoms with E-state index in [1.54, 1.807) is 12.1 Å². The molecule has 1 aliphatic heterocycles. The van der Waals surface area contributed by atoms with E-state index in [1.165, 1.54) is 37.4 Å². The Morgan fingerprint density at radius 2 is 1.71 bits per heavy atom. The molecule has 0 spiro atoms. The lowest BCUT2D eigenvalue weighted by Gasteiger charge is -2.28. The minimum Gasteiger partial charge on any atom is -0.207 e. The molecule has 1 unspecified atom stereocenters. The Morgan fingerprint density at radius 3 is 2.25 bits per heavy atom. The fourth-order valence-corrected chi connectivity index (χ4v) is 7.49. The fourth-order valence-electron chi connectivity index (χ4n) is 4.01. The topological polar surface area (TPSA) is 0 Å². The Morgan fingerprint density at radius 1 is 1.08 bits per heavy atom. The summed E-state index contributed by atoms with van der Waals surface area (Å²) in [6.07, 6.45) is 7.80. The van der Waals surface area contributed by atoms with Crippen LogP contribution in [0.2, 0.25) is 18.1 Å². The van der Waals surface area contributed by atoms with Crippen LogP contribution in [0.25, 0.3) is 0 Å². The van der Waals surface area contributed by atoms with Crippen molar-refractivity contribution in [3.63, 3.8) is 0 Å². The Labute approximate surface area is 148 Å². The summed E-state index contributed by atoms with van der Waals surface area (Å²) < 4.78 is 28.8. The lowest BCUT2D eigenvalue weighted by Crippen LogP contribution is -2.20. The zero-order valence-electron chi connectivity index (χ0n) is 15.7. The molecule has 3 heteroatoms. The van der Waals surface area contributed by atoms with E-state index in [-0.39, 0.29) is 17.2 Å². The highest BCUT2D eigenvalue weighted by Gasteiger charge is 2.25. The molecule has 0 nitrogen and oxygen atoms in total. The summed E-state index contributed by atoms with van der Waals surface area (Å²) in [4.78, 5) is 0. The molecule has 0 aliphatic carbocycles. The van der Waals surface area contributed by atoms with Gasteiger partial charge in [0.15, 0.2) is 0 Å². The molecule has 1 heterocycles. The summed E-state index contributed by atoms with van der Waals surface area (Å²) in [5.74, 6) is 0.0474. The summed E-state index contributed by atoms with van der Waals surface area (Å²) in [7, 11) is -0.566. The van der Waals surface area contributed by atoms with Crippen molar-refractivity contribution in [1.29, 1.82) is 0 Å². The van der Waals surface area contributed by atoms with Gasteiger partial charge in [-0.1, -0.05) is 64.6 Å². The zero-order valence-corrected chi connectivity index (χ0v) is 16.9. The lowest BCUT2D eigenvalue weighted by atomic mass is 9.90. The molecule has 1 fully saturated rings. The van der Waals surface area contributed by atoms with E-state index in [4.69, 9.17) is 0 Å². The average Bonchev–Trinajstić information content (AvgIpc) is 2.58. The van der Waals surface area contributed by atoms with Gasteiger partial charge in [0.1, 0.15) is 11.6 Å². The third-order valence-electron chi connectivity index (χ3n) is 5.95. The van der Waals surface area contributed by atoms with Crippen LogP contribution in [-0.2, 0) is 6.42 Å². The van der Waals surface area contributed by atoms with Crippen LogP contribution in [0.1, 0.15) is 76.3 Å². The molecule has 136 valence electrons. The molecule has 1 aromatic rings. The maximum absolute atomic E-state index is 14.4. The Kier molecular flexibility index (Phi) is 7.93. The van der Waals surface area contributed by atoms with Crippen molar-refractivity contribution in [2.24, 2.45) is 5.92 Å². The molecule has 24 heavy (non-hydrogen) atoms. The van der Waals surface area contributed by atoms with Crippen LogP contribution in [0, 0.1) is 17.6 Å². The van der Waals surface area contributed by atoms with Gasteiger partial charge in [-0.2, -0.15) is 0 Å². The third kappa shape index (κ3) is 5.40. The first kappa shape index (κ1) is 19.6. The highest BCUT2D eigenvalue weighted by Crippen LogP contribution is 2.36. The normalized spacial score (nSPS) is 22.5. The van der Waals surface area contributed by atoms with Crippen molar-refractivity contribution in [2.45, 2.75) is 89.8 Å². The first-order valence-corrected chi connectivity index (χ1v) is 12.5. The SMILES string of the molecule is CCCCC[SiH]1CCC(c2cc(F)c(CC(C)CC)c(F)c2)CC1. The molecule has 0 N–H and O–H groups in total. The fraction of sp³-hybridized carbons (Fsp3) is 0.714. The average molecular weight is 353 g/mol. The molecule has 0 bridgehead atoms. The van der Waals surface area contributed by atoms with E-state index < -0.39 is 8.80 Å². The van der Waals surface area contributed by atoms with Crippen LogP contribution in [0.3, 0.4) is 0 Å². The second-order valence-electron chi connectivity index (χ2n) is 7.89. The Bertz CT molecular complexity index is 484. The molecule has 1 aromatic carbocycles. The van der Waals surface area contributed by atoms with Crippen LogP contribution in [0.15, 0.2) is 12.1 Å². The minimum absolute atomic E-state index is 0.288. The van der Waals surface area contributed by atoms with Crippen LogP contribution in [0.5, 0.6) is 0 Å². The summed E-state index contributed by atoms with van der Waals surface area (Å²) in [5.41, 5.74) is 1.19. The minimum atomic E-state index is -0.566. The summed E-state index contributed by atoms with van der Waals surface area (Å²) in [6, 6.07) is 7.43. The standard InChI is InChI=1S/C21H34F2Si/c1-4-6-7-10-24-11-8-17(9-12-24)18-14-20(22)19(21(23)15-18)13-16(3)5-2/h14-17,24H,4-13H2,1-3H3. The van der Waals surface area contributed by atoms with Gasteiger partial charge in [-0.15, -0.1) is 0 Å². The molecule has 0 saturated carbocycles. The molecule has 1 atom stereocenters. The molecular weight excluding hydrogens is 318 g/mol. The van der Waals surface area contributed by atoms with Gasteiger partial charge >= 0.3 is 0 Å². The van der Waals surface area contributed by atoms with Crippen molar-refractivity contribution in [2.75, 3.05) is 0 Å². The molecule has 0 amide bonds. The van der Waals surface area contributed by atoms with Gasteiger partial charge in [-0.25, -0.2) is 8.78 Å². The number of unbranched alkanes of at least 4 members (excludes halogenated alkanes) is 2. The molecule has 1 aliphatic rings. The van der Waals surface area contributed by atoms with Gasteiger partial charge in [-0.05, 0) is 48.8 Å². The summed E-state index contributed by atoms with van der Waals surface area (Å²) in [6.45, 7) is 6.38. The van der Waals surface area contributed by atoms with Crippen LogP contribution < -0.4 is 0 Å². The van der Waals surface area contributed by atoms with Crippen molar-refractivity contribution >= 4 is 8.80 Å². The van der Waals surface area contributed by atoms with Gasteiger partial charge in [-0.3, -0.25) is 0 Å². The number of benzene rings is 1. The van der Waals surface area contributed by atoms with E-state index in [2.05, 4.69) is 20.8 Å². The molecular formula is C21H34F2Si. The van der Waals surface area contributed by atoms with E-state index >= 15 is 0 Å². The maximum atomic E-state index is 14.4. The van der Waals surface area contributed by atoms with Crippen LogP contribution in [-0.4, -0.2) is 8.80 Å². The first-order valence-electron chi connectivity index (χ1n) is 10.0. The van der Waals surface area contributed by atoms with Gasteiger partial charge in [0.2, 0.25) is 0 Å². The van der Waals surface area contributed by atoms with Crippen molar-refractivity contribution in [1.82, 2.24) is 0 Å². The van der Waals surface area contributed by atoms with E-state index in [0.29, 0.717) is 18.3 Å². The van der Waals surface area contributed by atoms with Crippen molar-refractivity contribution in [3.8, 4) is 0 Å². The summed E-state index contributed by atoms with van der Waals surface area (Å²) >= 11 is 0. The third-order valence-corrected chi connectivity index (χ3v) is 9.47. The molecule has 0 radical (unpaired) electrons. The highest BCUT2D eigenvalue weighted by molar-refractivity contribution is 6.59.